The van der Waals surface area contributed by atoms with Gasteiger partial charge in [0.2, 0.25) is 0 Å². The fourth-order valence-electron chi connectivity index (χ4n) is 1.30. The second-order valence-electron chi connectivity index (χ2n) is 3.98. The van der Waals surface area contributed by atoms with Crippen molar-refractivity contribution in [3.05, 3.63) is 12.2 Å². The summed E-state index contributed by atoms with van der Waals surface area (Å²) in [4.78, 5) is 0. The summed E-state index contributed by atoms with van der Waals surface area (Å²) in [6, 6.07) is 0. The van der Waals surface area contributed by atoms with Crippen molar-refractivity contribution < 1.29 is 14.6 Å². The SMILES string of the molecule is C=C(C(C)CO)C1COC(C)(C)O1. The predicted octanol–water partition coefficient (Wildman–Crippen LogP) is 1.32. The van der Waals surface area contributed by atoms with Crippen molar-refractivity contribution in [2.24, 2.45) is 5.92 Å². The van der Waals surface area contributed by atoms with Gasteiger partial charge in [0.1, 0.15) is 6.10 Å². The summed E-state index contributed by atoms with van der Waals surface area (Å²) < 4.78 is 11.0. The lowest BCUT2D eigenvalue weighted by Crippen LogP contribution is -2.24. The molecule has 0 bridgehead atoms. The van der Waals surface area contributed by atoms with Crippen LogP contribution >= 0.6 is 0 Å². The maximum atomic E-state index is 8.94. The molecule has 1 N–H and O–H groups in total. The lowest BCUT2D eigenvalue weighted by atomic mass is 9.99. The molecule has 0 saturated carbocycles. The van der Waals surface area contributed by atoms with Crippen LogP contribution in [-0.2, 0) is 9.47 Å². The average molecular weight is 186 g/mol. The summed E-state index contributed by atoms with van der Waals surface area (Å²) in [5, 5.41) is 8.94. The summed E-state index contributed by atoms with van der Waals surface area (Å²) >= 11 is 0. The molecule has 76 valence electrons. The Morgan fingerprint density at radius 1 is 1.69 bits per heavy atom. The first kappa shape index (κ1) is 10.7. The first-order chi connectivity index (χ1) is 5.96. The Kier molecular flexibility index (Phi) is 3.11. The van der Waals surface area contributed by atoms with Crippen LogP contribution in [0.2, 0.25) is 0 Å². The first-order valence-electron chi connectivity index (χ1n) is 4.57. The van der Waals surface area contributed by atoms with Gasteiger partial charge in [0.05, 0.1) is 6.61 Å². The fraction of sp³-hybridized carbons (Fsp3) is 0.800. The standard InChI is InChI=1S/C10H18O3/c1-7(5-11)8(2)9-6-12-10(3,4)13-9/h7,9,11H,2,5-6H2,1,3-4H3. The smallest absolute Gasteiger partial charge is 0.163 e. The molecule has 1 fully saturated rings. The van der Waals surface area contributed by atoms with E-state index < -0.39 is 5.79 Å². The van der Waals surface area contributed by atoms with E-state index in [1.54, 1.807) is 0 Å². The van der Waals surface area contributed by atoms with E-state index in [1.165, 1.54) is 0 Å². The molecule has 0 aromatic heterocycles. The van der Waals surface area contributed by atoms with Crippen molar-refractivity contribution >= 4 is 0 Å². The van der Waals surface area contributed by atoms with E-state index in [0.717, 1.165) is 5.57 Å². The Morgan fingerprint density at radius 3 is 2.69 bits per heavy atom. The second-order valence-corrected chi connectivity index (χ2v) is 3.98. The third kappa shape index (κ3) is 2.53. The zero-order valence-electron chi connectivity index (χ0n) is 8.54. The maximum absolute atomic E-state index is 8.94. The Labute approximate surface area is 79.3 Å². The molecule has 0 radical (unpaired) electrons. The summed E-state index contributed by atoms with van der Waals surface area (Å²) in [5.41, 5.74) is 0.910. The highest BCUT2D eigenvalue weighted by molar-refractivity contribution is 5.08. The third-order valence-electron chi connectivity index (χ3n) is 2.33. The lowest BCUT2D eigenvalue weighted by molar-refractivity contribution is -0.135. The molecule has 3 heteroatoms. The minimum absolute atomic E-state index is 0.0718. The third-order valence-corrected chi connectivity index (χ3v) is 2.33. The molecule has 1 heterocycles. The number of aliphatic hydroxyl groups excluding tert-OH is 1. The molecule has 1 aliphatic rings. The van der Waals surface area contributed by atoms with Crippen molar-refractivity contribution in [2.45, 2.75) is 32.7 Å². The van der Waals surface area contributed by atoms with E-state index in [-0.39, 0.29) is 18.6 Å². The average Bonchev–Trinajstić information content (AvgIpc) is 2.43. The molecule has 1 rings (SSSR count). The highest BCUT2D eigenvalue weighted by atomic mass is 16.7. The number of rotatable bonds is 3. The largest absolute Gasteiger partial charge is 0.396 e. The second kappa shape index (κ2) is 3.78. The fourth-order valence-corrected chi connectivity index (χ4v) is 1.30. The first-order valence-corrected chi connectivity index (χ1v) is 4.57. The Balaban J connectivity index is 2.51. The van der Waals surface area contributed by atoms with Crippen LogP contribution in [0.4, 0.5) is 0 Å². The summed E-state index contributed by atoms with van der Waals surface area (Å²) in [7, 11) is 0. The molecule has 0 aromatic rings. The minimum atomic E-state index is -0.511. The van der Waals surface area contributed by atoms with Gasteiger partial charge in [-0.3, -0.25) is 0 Å². The molecule has 1 saturated heterocycles. The topological polar surface area (TPSA) is 38.7 Å². The van der Waals surface area contributed by atoms with Crippen molar-refractivity contribution in [3.63, 3.8) is 0 Å². The zero-order valence-corrected chi connectivity index (χ0v) is 8.54. The number of aliphatic hydroxyl groups is 1. The monoisotopic (exact) mass is 186 g/mol. The normalized spacial score (nSPS) is 28.8. The van der Waals surface area contributed by atoms with E-state index in [4.69, 9.17) is 14.6 Å². The van der Waals surface area contributed by atoms with Gasteiger partial charge in [-0.1, -0.05) is 13.5 Å². The number of hydrogen-bond acceptors (Lipinski definition) is 3. The van der Waals surface area contributed by atoms with E-state index in [2.05, 4.69) is 6.58 Å². The number of ether oxygens (including phenoxy) is 2. The molecule has 1 aliphatic heterocycles. The predicted molar refractivity (Wildman–Crippen MR) is 50.3 cm³/mol. The van der Waals surface area contributed by atoms with Crippen LogP contribution < -0.4 is 0 Å². The number of hydrogen-bond donors (Lipinski definition) is 1. The minimum Gasteiger partial charge on any atom is -0.396 e. The van der Waals surface area contributed by atoms with Crippen molar-refractivity contribution in [3.8, 4) is 0 Å². The van der Waals surface area contributed by atoms with Crippen molar-refractivity contribution in [2.75, 3.05) is 13.2 Å². The zero-order chi connectivity index (χ0) is 10.1. The summed E-state index contributed by atoms with van der Waals surface area (Å²) in [5.74, 6) is -0.439. The highest BCUT2D eigenvalue weighted by Crippen LogP contribution is 2.28. The van der Waals surface area contributed by atoms with Gasteiger partial charge in [0.25, 0.3) is 0 Å². The molecular formula is C10H18O3. The molecular weight excluding hydrogens is 168 g/mol. The lowest BCUT2D eigenvalue weighted by Gasteiger charge is -2.20. The highest BCUT2D eigenvalue weighted by Gasteiger charge is 2.35. The Morgan fingerprint density at radius 2 is 2.31 bits per heavy atom. The van der Waals surface area contributed by atoms with Gasteiger partial charge in [-0.2, -0.15) is 0 Å². The van der Waals surface area contributed by atoms with Crippen molar-refractivity contribution in [1.29, 1.82) is 0 Å². The van der Waals surface area contributed by atoms with E-state index >= 15 is 0 Å². The van der Waals surface area contributed by atoms with Crippen molar-refractivity contribution in [1.82, 2.24) is 0 Å². The van der Waals surface area contributed by atoms with Gasteiger partial charge in [-0.25, -0.2) is 0 Å². The van der Waals surface area contributed by atoms with Crippen LogP contribution in [-0.4, -0.2) is 30.2 Å². The van der Waals surface area contributed by atoms with E-state index in [1.807, 2.05) is 20.8 Å². The van der Waals surface area contributed by atoms with Crippen LogP contribution in [0.25, 0.3) is 0 Å². The molecule has 2 unspecified atom stereocenters. The van der Waals surface area contributed by atoms with E-state index in [0.29, 0.717) is 6.61 Å². The van der Waals surface area contributed by atoms with Gasteiger partial charge in [-0.05, 0) is 19.4 Å². The van der Waals surface area contributed by atoms with Crippen LogP contribution in [0.1, 0.15) is 20.8 Å². The Bertz CT molecular complexity index is 198. The summed E-state index contributed by atoms with van der Waals surface area (Å²) in [6.45, 7) is 10.2. The van der Waals surface area contributed by atoms with Gasteiger partial charge in [-0.15, -0.1) is 0 Å². The molecule has 0 aliphatic carbocycles. The van der Waals surface area contributed by atoms with Crippen LogP contribution in [0.5, 0.6) is 0 Å². The molecule has 0 amide bonds. The van der Waals surface area contributed by atoms with Gasteiger partial charge in [0, 0.05) is 12.5 Å². The molecule has 2 atom stereocenters. The van der Waals surface area contributed by atoms with Crippen LogP contribution in [0, 0.1) is 5.92 Å². The van der Waals surface area contributed by atoms with Gasteiger partial charge < -0.3 is 14.6 Å². The molecule has 0 aromatic carbocycles. The quantitative estimate of drug-likeness (QED) is 0.676. The summed E-state index contributed by atoms with van der Waals surface area (Å²) in [6.07, 6.45) is -0.0721. The maximum Gasteiger partial charge on any atom is 0.163 e. The van der Waals surface area contributed by atoms with Crippen LogP contribution in [0.15, 0.2) is 12.2 Å². The van der Waals surface area contributed by atoms with E-state index in [9.17, 15) is 0 Å². The molecule has 3 nitrogen and oxygen atoms in total. The Hall–Kier alpha value is -0.380. The van der Waals surface area contributed by atoms with Gasteiger partial charge >= 0.3 is 0 Å². The molecule has 13 heavy (non-hydrogen) atoms. The molecule has 0 spiro atoms. The van der Waals surface area contributed by atoms with Crippen LogP contribution in [0.3, 0.4) is 0 Å². The van der Waals surface area contributed by atoms with Gasteiger partial charge in [0.15, 0.2) is 5.79 Å².